The first-order valence-electron chi connectivity index (χ1n) is 9.66. The third kappa shape index (κ3) is 4.04. The fraction of sp³-hybridized carbons (Fsp3) is 0.409. The SMILES string of the molecule is COc1cc(C(=O)NCCOc2cccc3c2OC(C)(C)C3)cc2c1OCCO2. The Morgan fingerprint density at radius 3 is 2.79 bits per heavy atom. The number of hydrogen-bond donors (Lipinski definition) is 1. The molecule has 7 heteroatoms. The number of amides is 1. The van der Waals surface area contributed by atoms with E-state index in [-0.39, 0.29) is 11.5 Å². The average molecular weight is 399 g/mol. The van der Waals surface area contributed by atoms with Gasteiger partial charge >= 0.3 is 0 Å². The maximum atomic E-state index is 12.5. The highest BCUT2D eigenvalue weighted by molar-refractivity contribution is 5.95. The van der Waals surface area contributed by atoms with Gasteiger partial charge in [0.2, 0.25) is 5.75 Å². The minimum Gasteiger partial charge on any atom is -0.493 e. The summed E-state index contributed by atoms with van der Waals surface area (Å²) in [7, 11) is 1.53. The number of fused-ring (bicyclic) bond motifs is 2. The molecule has 1 N–H and O–H groups in total. The van der Waals surface area contributed by atoms with Crippen LogP contribution >= 0.6 is 0 Å². The van der Waals surface area contributed by atoms with E-state index in [0.717, 1.165) is 17.7 Å². The van der Waals surface area contributed by atoms with Crippen LogP contribution in [0.15, 0.2) is 30.3 Å². The molecule has 2 aliphatic heterocycles. The molecular weight excluding hydrogens is 374 g/mol. The molecule has 0 saturated carbocycles. The van der Waals surface area contributed by atoms with Crippen LogP contribution in [0.1, 0.15) is 29.8 Å². The molecular formula is C22H25NO6. The summed E-state index contributed by atoms with van der Waals surface area (Å²) in [5, 5.41) is 2.85. The largest absolute Gasteiger partial charge is 0.493 e. The van der Waals surface area contributed by atoms with E-state index in [4.69, 9.17) is 23.7 Å². The van der Waals surface area contributed by atoms with Crippen molar-refractivity contribution in [3.05, 3.63) is 41.5 Å². The highest BCUT2D eigenvalue weighted by Gasteiger charge is 2.32. The predicted molar refractivity (Wildman–Crippen MR) is 107 cm³/mol. The molecule has 0 aromatic heterocycles. The van der Waals surface area contributed by atoms with Gasteiger partial charge in [-0.1, -0.05) is 12.1 Å². The van der Waals surface area contributed by atoms with E-state index in [9.17, 15) is 4.79 Å². The molecule has 0 bridgehead atoms. The molecule has 0 unspecified atom stereocenters. The van der Waals surface area contributed by atoms with Crippen LogP contribution in [-0.4, -0.2) is 45.0 Å². The molecule has 1 amide bonds. The zero-order valence-corrected chi connectivity index (χ0v) is 16.9. The van der Waals surface area contributed by atoms with Crippen LogP contribution < -0.4 is 29.0 Å². The smallest absolute Gasteiger partial charge is 0.251 e. The molecule has 29 heavy (non-hydrogen) atoms. The Hall–Kier alpha value is -3.09. The van der Waals surface area contributed by atoms with Gasteiger partial charge in [-0.15, -0.1) is 0 Å². The lowest BCUT2D eigenvalue weighted by atomic mass is 10.0. The Bertz CT molecular complexity index is 907. The summed E-state index contributed by atoms with van der Waals surface area (Å²) in [6, 6.07) is 9.19. The molecule has 0 aliphatic carbocycles. The first-order valence-corrected chi connectivity index (χ1v) is 9.66. The molecule has 4 rings (SSSR count). The van der Waals surface area contributed by atoms with E-state index < -0.39 is 0 Å². The van der Waals surface area contributed by atoms with Crippen LogP contribution in [0.4, 0.5) is 0 Å². The summed E-state index contributed by atoms with van der Waals surface area (Å²) >= 11 is 0. The van der Waals surface area contributed by atoms with Crippen molar-refractivity contribution < 1.29 is 28.5 Å². The molecule has 0 atom stereocenters. The van der Waals surface area contributed by atoms with Crippen molar-refractivity contribution >= 4 is 5.91 Å². The molecule has 7 nitrogen and oxygen atoms in total. The topological polar surface area (TPSA) is 75.3 Å². The van der Waals surface area contributed by atoms with Crippen molar-refractivity contribution in [2.75, 3.05) is 33.5 Å². The van der Waals surface area contributed by atoms with Crippen LogP contribution in [-0.2, 0) is 6.42 Å². The number of benzene rings is 2. The van der Waals surface area contributed by atoms with Crippen LogP contribution in [0.3, 0.4) is 0 Å². The molecule has 2 aromatic carbocycles. The van der Waals surface area contributed by atoms with Crippen molar-refractivity contribution in [1.29, 1.82) is 0 Å². The summed E-state index contributed by atoms with van der Waals surface area (Å²) in [6.45, 7) is 5.68. The number of carbonyl (C=O) groups excluding carboxylic acids is 1. The number of rotatable bonds is 6. The maximum absolute atomic E-state index is 12.5. The molecule has 2 heterocycles. The number of para-hydroxylation sites is 1. The number of carbonyl (C=O) groups is 1. The Labute approximate surface area is 169 Å². The Kier molecular flexibility index (Phi) is 5.13. The Morgan fingerprint density at radius 2 is 1.97 bits per heavy atom. The molecule has 2 aliphatic rings. The van der Waals surface area contributed by atoms with E-state index in [2.05, 4.69) is 19.2 Å². The standard InChI is InChI=1S/C22H25NO6/c1-22(2)13-14-5-4-6-16(19(14)29-22)26-8-7-23-21(24)15-11-17(25-3)20-18(12-15)27-9-10-28-20/h4-6,11-12H,7-10,13H2,1-3H3,(H,23,24). The average Bonchev–Trinajstić information content (AvgIpc) is 3.04. The molecule has 0 saturated heterocycles. The van der Waals surface area contributed by atoms with Crippen LogP contribution in [0.25, 0.3) is 0 Å². The van der Waals surface area contributed by atoms with Gasteiger partial charge in [0, 0.05) is 17.5 Å². The summed E-state index contributed by atoms with van der Waals surface area (Å²) < 4.78 is 28.3. The van der Waals surface area contributed by atoms with Crippen LogP contribution in [0.2, 0.25) is 0 Å². The van der Waals surface area contributed by atoms with Gasteiger partial charge in [-0.3, -0.25) is 4.79 Å². The zero-order valence-electron chi connectivity index (χ0n) is 16.9. The molecule has 0 radical (unpaired) electrons. The minimum absolute atomic E-state index is 0.229. The highest BCUT2D eigenvalue weighted by Crippen LogP contribution is 2.42. The number of ether oxygens (including phenoxy) is 5. The highest BCUT2D eigenvalue weighted by atomic mass is 16.6. The summed E-state index contributed by atoms with van der Waals surface area (Å²) in [5.41, 5.74) is 1.35. The Balaban J connectivity index is 1.35. The quantitative estimate of drug-likeness (QED) is 0.753. The normalized spacial score (nSPS) is 15.8. The summed E-state index contributed by atoms with van der Waals surface area (Å²) in [5.74, 6) is 2.77. The van der Waals surface area contributed by atoms with E-state index in [0.29, 0.717) is 54.9 Å². The summed E-state index contributed by atoms with van der Waals surface area (Å²) in [4.78, 5) is 12.5. The van der Waals surface area contributed by atoms with Crippen molar-refractivity contribution in [3.8, 4) is 28.7 Å². The lowest BCUT2D eigenvalue weighted by Crippen LogP contribution is -2.28. The van der Waals surface area contributed by atoms with Gasteiger partial charge in [0.25, 0.3) is 5.91 Å². The van der Waals surface area contributed by atoms with Gasteiger partial charge in [0.1, 0.15) is 25.4 Å². The van der Waals surface area contributed by atoms with Crippen LogP contribution in [0.5, 0.6) is 28.7 Å². The van der Waals surface area contributed by atoms with Crippen molar-refractivity contribution in [1.82, 2.24) is 5.32 Å². The van der Waals surface area contributed by atoms with Crippen molar-refractivity contribution in [3.63, 3.8) is 0 Å². The second-order valence-electron chi connectivity index (χ2n) is 7.59. The number of methoxy groups -OCH3 is 1. The van der Waals surface area contributed by atoms with Gasteiger partial charge < -0.3 is 29.0 Å². The van der Waals surface area contributed by atoms with Gasteiger partial charge in [-0.05, 0) is 32.0 Å². The van der Waals surface area contributed by atoms with E-state index in [1.54, 1.807) is 12.1 Å². The first-order chi connectivity index (χ1) is 14.0. The van der Waals surface area contributed by atoms with E-state index in [1.165, 1.54) is 7.11 Å². The fourth-order valence-electron chi connectivity index (χ4n) is 3.53. The monoisotopic (exact) mass is 399 g/mol. The van der Waals surface area contributed by atoms with Gasteiger partial charge in [0.05, 0.1) is 13.7 Å². The number of hydrogen-bond acceptors (Lipinski definition) is 6. The summed E-state index contributed by atoms with van der Waals surface area (Å²) in [6.07, 6.45) is 0.849. The molecule has 154 valence electrons. The molecule has 2 aromatic rings. The van der Waals surface area contributed by atoms with E-state index in [1.807, 2.05) is 18.2 Å². The minimum atomic E-state index is -0.237. The van der Waals surface area contributed by atoms with Crippen molar-refractivity contribution in [2.45, 2.75) is 25.9 Å². The molecule has 0 spiro atoms. The maximum Gasteiger partial charge on any atom is 0.251 e. The second kappa shape index (κ2) is 7.73. The second-order valence-corrected chi connectivity index (χ2v) is 7.59. The zero-order chi connectivity index (χ0) is 20.4. The van der Waals surface area contributed by atoms with Gasteiger partial charge in [-0.25, -0.2) is 0 Å². The third-order valence-corrected chi connectivity index (χ3v) is 4.79. The van der Waals surface area contributed by atoms with E-state index >= 15 is 0 Å². The lowest BCUT2D eigenvalue weighted by Gasteiger charge is -2.21. The number of nitrogens with one attached hydrogen (secondary N) is 1. The predicted octanol–water partition coefficient (Wildman–Crippen LogP) is 2.99. The fourth-order valence-corrected chi connectivity index (χ4v) is 3.53. The van der Waals surface area contributed by atoms with Gasteiger partial charge in [-0.2, -0.15) is 0 Å². The van der Waals surface area contributed by atoms with Gasteiger partial charge in [0.15, 0.2) is 23.0 Å². The Morgan fingerprint density at radius 1 is 1.14 bits per heavy atom. The molecule has 0 fully saturated rings. The lowest BCUT2D eigenvalue weighted by molar-refractivity contribution is 0.0944. The third-order valence-electron chi connectivity index (χ3n) is 4.79. The van der Waals surface area contributed by atoms with Crippen molar-refractivity contribution in [2.24, 2.45) is 0 Å². The first kappa shape index (κ1) is 19.2. The van der Waals surface area contributed by atoms with Crippen LogP contribution in [0, 0.1) is 0 Å².